The number of rotatable bonds is 10. The van der Waals surface area contributed by atoms with Crippen LogP contribution in [0.2, 0.25) is 0 Å². The number of carbonyl (C=O) groups excluding carboxylic acids is 5. The molecule has 0 spiro atoms. The van der Waals surface area contributed by atoms with Crippen LogP contribution in [-0.2, 0) is 47.7 Å². The zero-order valence-corrected chi connectivity index (χ0v) is 25.1. The third-order valence-electron chi connectivity index (χ3n) is 6.55. The van der Waals surface area contributed by atoms with Crippen molar-refractivity contribution in [1.82, 2.24) is 0 Å². The number of aliphatic hydroxyl groups is 1. The molecular weight excluding hydrogens is 572 g/mol. The van der Waals surface area contributed by atoms with Gasteiger partial charge in [0.1, 0.15) is 37.6 Å². The average Bonchev–Trinajstić information content (AvgIpc) is 3.28. The van der Waals surface area contributed by atoms with E-state index in [1.165, 1.54) is 26.8 Å². The third kappa shape index (κ3) is 12.3. The molecule has 0 saturated carbocycles. The maximum atomic E-state index is 13.1. The number of carbonyl (C=O) groups is 5. The van der Waals surface area contributed by atoms with E-state index in [0.717, 1.165) is 0 Å². The van der Waals surface area contributed by atoms with Gasteiger partial charge in [-0.05, 0) is 33.1 Å². The normalized spacial score (nSPS) is 26.7. The molecular formula is C30H39ClO11. The summed E-state index contributed by atoms with van der Waals surface area (Å²) in [5.41, 5.74) is 1.03. The Kier molecular flexibility index (Phi) is 14.1. The zero-order chi connectivity index (χ0) is 31.4. The van der Waals surface area contributed by atoms with Crippen molar-refractivity contribution in [3.63, 3.8) is 0 Å². The van der Waals surface area contributed by atoms with Crippen molar-refractivity contribution < 1.29 is 52.8 Å². The van der Waals surface area contributed by atoms with E-state index in [2.05, 4.69) is 6.58 Å². The number of fused-ring (bicyclic) bond motifs is 2. The lowest BCUT2D eigenvalue weighted by atomic mass is 10.0. The molecule has 0 aromatic carbocycles. The first-order valence-electron chi connectivity index (χ1n) is 13.6. The van der Waals surface area contributed by atoms with Crippen LogP contribution in [0.4, 0.5) is 0 Å². The van der Waals surface area contributed by atoms with Crippen molar-refractivity contribution in [2.24, 2.45) is 0 Å². The van der Waals surface area contributed by atoms with Crippen LogP contribution in [-0.4, -0.2) is 78.5 Å². The van der Waals surface area contributed by atoms with E-state index in [9.17, 15) is 29.1 Å². The summed E-state index contributed by atoms with van der Waals surface area (Å²) in [6, 6.07) is 0. The molecule has 2 bridgehead atoms. The van der Waals surface area contributed by atoms with Crippen LogP contribution in [0.25, 0.3) is 0 Å². The molecule has 0 radical (unpaired) electrons. The molecule has 2 aliphatic rings. The lowest BCUT2D eigenvalue weighted by Gasteiger charge is -2.24. The van der Waals surface area contributed by atoms with Gasteiger partial charge in [-0.1, -0.05) is 42.0 Å². The van der Waals surface area contributed by atoms with Gasteiger partial charge in [0.25, 0.3) is 0 Å². The van der Waals surface area contributed by atoms with Crippen LogP contribution < -0.4 is 0 Å². The Morgan fingerprint density at radius 3 is 2.50 bits per heavy atom. The Hall–Kier alpha value is -3.28. The second-order valence-electron chi connectivity index (χ2n) is 10.3. The fraction of sp³-hybridized carbons (Fsp3) is 0.567. The molecule has 1 N–H and O–H groups in total. The summed E-state index contributed by atoms with van der Waals surface area (Å²) in [6.45, 7) is 8.50. The first-order valence-corrected chi connectivity index (χ1v) is 14.0. The van der Waals surface area contributed by atoms with Crippen molar-refractivity contribution in [2.75, 3.05) is 13.2 Å². The van der Waals surface area contributed by atoms with Crippen molar-refractivity contribution in [1.29, 1.82) is 0 Å². The summed E-state index contributed by atoms with van der Waals surface area (Å²) in [6.07, 6.45) is 1.49. The third-order valence-corrected chi connectivity index (χ3v) is 6.90. The molecule has 12 heteroatoms. The predicted molar refractivity (Wildman–Crippen MR) is 151 cm³/mol. The standard InChI is InChI=1S/C30H39ClO11/c1-17(12-28(36)39-15-18(2)19(3)32)11-25(35)30-27-13-24(41-30)10-9-23(31)8-6-7-22(16-38-20(4)33)26(40-21(5)34)14-29(37)42-27/h7-8,11,24-27,30,35H,2,6,9-10,12-16H2,1,3-5H3/b17-11+,22-7-,23-8+/t24-,25-,26-,27-,30-/m1/s1. The number of allylic oxidation sites excluding steroid dienone is 3. The maximum absolute atomic E-state index is 13.1. The van der Waals surface area contributed by atoms with Crippen LogP contribution in [0.1, 0.15) is 66.2 Å². The largest absolute Gasteiger partial charge is 0.461 e. The highest BCUT2D eigenvalue weighted by molar-refractivity contribution is 6.29. The number of Topliss-reactive ketones (excluding diaryl/α,β-unsaturated/α-hetero) is 1. The van der Waals surface area contributed by atoms with Gasteiger partial charge in [-0.3, -0.25) is 24.0 Å². The topological polar surface area (TPSA) is 152 Å². The minimum Gasteiger partial charge on any atom is -0.461 e. The highest BCUT2D eigenvalue weighted by Gasteiger charge is 2.42. The van der Waals surface area contributed by atoms with Gasteiger partial charge < -0.3 is 28.8 Å². The number of hydrogen-bond acceptors (Lipinski definition) is 11. The quantitative estimate of drug-likeness (QED) is 0.167. The first kappa shape index (κ1) is 34.9. The Balaban J connectivity index is 2.22. The fourth-order valence-electron chi connectivity index (χ4n) is 4.38. The molecule has 232 valence electrons. The van der Waals surface area contributed by atoms with Gasteiger partial charge in [-0.25, -0.2) is 0 Å². The van der Waals surface area contributed by atoms with E-state index in [1.807, 2.05) is 0 Å². The molecule has 11 nitrogen and oxygen atoms in total. The second-order valence-corrected chi connectivity index (χ2v) is 10.8. The Labute approximate surface area is 250 Å². The van der Waals surface area contributed by atoms with Crippen molar-refractivity contribution in [2.45, 2.75) is 96.7 Å². The summed E-state index contributed by atoms with van der Waals surface area (Å²) in [7, 11) is 0. The van der Waals surface area contributed by atoms with Crippen molar-refractivity contribution in [3.8, 4) is 0 Å². The first-order chi connectivity index (χ1) is 19.7. The molecule has 42 heavy (non-hydrogen) atoms. The number of ether oxygens (including phenoxy) is 5. The fourth-order valence-corrected chi connectivity index (χ4v) is 4.58. The minimum atomic E-state index is -1.24. The SMILES string of the molecule is C=C(COC(=O)C/C(C)=C/[C@@H](O)[C@H]1O[C@@H]2CC/C(Cl)=C\C/C=C(/COC(C)=O)[C@H](OC(C)=O)CC(=O)O[C@@H]1C2)C(C)=O. The van der Waals surface area contributed by atoms with Crippen LogP contribution >= 0.6 is 11.6 Å². The summed E-state index contributed by atoms with van der Waals surface area (Å²) >= 11 is 6.41. The van der Waals surface area contributed by atoms with Crippen molar-refractivity contribution >= 4 is 41.3 Å². The number of ketones is 1. The average molecular weight is 611 g/mol. The lowest BCUT2D eigenvalue weighted by molar-refractivity contribution is -0.159. The molecule has 0 aromatic rings. The molecule has 0 unspecified atom stereocenters. The molecule has 1 fully saturated rings. The number of aliphatic hydroxyl groups excluding tert-OH is 1. The van der Waals surface area contributed by atoms with Gasteiger partial charge in [0.2, 0.25) is 0 Å². The summed E-state index contributed by atoms with van der Waals surface area (Å²) in [5.74, 6) is -2.78. The van der Waals surface area contributed by atoms with Crippen LogP contribution in [0.15, 0.2) is 46.6 Å². The monoisotopic (exact) mass is 610 g/mol. The number of hydrogen-bond donors (Lipinski definition) is 1. The van der Waals surface area contributed by atoms with Gasteiger partial charge in [0.05, 0.1) is 18.9 Å². The van der Waals surface area contributed by atoms with Crippen LogP contribution in [0, 0.1) is 0 Å². The van der Waals surface area contributed by atoms with E-state index in [-0.39, 0.29) is 49.9 Å². The summed E-state index contributed by atoms with van der Waals surface area (Å²) in [5, 5.41) is 11.6. The molecule has 2 aliphatic heterocycles. The second kappa shape index (κ2) is 17.0. The Bertz CT molecular complexity index is 1140. The highest BCUT2D eigenvalue weighted by Crippen LogP contribution is 2.32. The molecule has 2 rings (SSSR count). The van der Waals surface area contributed by atoms with E-state index >= 15 is 0 Å². The molecule has 5 atom stereocenters. The minimum absolute atomic E-state index is 0.148. The summed E-state index contributed by atoms with van der Waals surface area (Å²) < 4.78 is 27.3. The smallest absolute Gasteiger partial charge is 0.310 e. The number of halogens is 1. The van der Waals surface area contributed by atoms with E-state index in [4.69, 9.17) is 35.3 Å². The van der Waals surface area contributed by atoms with Gasteiger partial charge in [-0.2, -0.15) is 0 Å². The van der Waals surface area contributed by atoms with Gasteiger partial charge >= 0.3 is 23.9 Å². The number of esters is 4. The molecule has 2 heterocycles. The molecule has 0 aromatic heterocycles. The summed E-state index contributed by atoms with van der Waals surface area (Å²) in [4.78, 5) is 59.7. The van der Waals surface area contributed by atoms with Crippen LogP contribution in [0.3, 0.4) is 0 Å². The molecule has 1 saturated heterocycles. The maximum Gasteiger partial charge on any atom is 0.310 e. The Morgan fingerprint density at radius 2 is 1.86 bits per heavy atom. The van der Waals surface area contributed by atoms with Gasteiger partial charge in [0.15, 0.2) is 5.78 Å². The van der Waals surface area contributed by atoms with E-state index in [1.54, 1.807) is 19.1 Å². The van der Waals surface area contributed by atoms with Gasteiger partial charge in [-0.15, -0.1) is 0 Å². The lowest BCUT2D eigenvalue weighted by Crippen LogP contribution is -2.37. The highest BCUT2D eigenvalue weighted by atomic mass is 35.5. The van der Waals surface area contributed by atoms with E-state index in [0.29, 0.717) is 35.4 Å². The van der Waals surface area contributed by atoms with E-state index < -0.39 is 48.3 Å². The van der Waals surface area contributed by atoms with Crippen LogP contribution in [0.5, 0.6) is 0 Å². The molecule has 0 aliphatic carbocycles. The van der Waals surface area contributed by atoms with Gasteiger partial charge in [0, 0.05) is 36.4 Å². The molecule has 0 amide bonds. The zero-order valence-electron chi connectivity index (χ0n) is 24.4. The predicted octanol–water partition coefficient (Wildman–Crippen LogP) is 3.56. The Morgan fingerprint density at radius 1 is 1.14 bits per heavy atom. The van der Waals surface area contributed by atoms with Crippen molar-refractivity contribution in [3.05, 3.63) is 46.6 Å².